The number of nitriles is 1. The molecule has 2 rings (SSSR count). The lowest BCUT2D eigenvalue weighted by atomic mass is 10.1. The summed E-state index contributed by atoms with van der Waals surface area (Å²) in [5.41, 5.74) is 1.51. The molecule has 0 amide bonds. The summed E-state index contributed by atoms with van der Waals surface area (Å²) >= 11 is 5.07. The number of benzene rings is 1. The summed E-state index contributed by atoms with van der Waals surface area (Å²) in [6.07, 6.45) is 0. The predicted molar refractivity (Wildman–Crippen MR) is 75.2 cm³/mol. The maximum atomic E-state index is 13.6. The number of halogens is 2. The van der Waals surface area contributed by atoms with Crippen molar-refractivity contribution in [1.82, 2.24) is 0 Å². The number of anilines is 1. The van der Waals surface area contributed by atoms with Crippen molar-refractivity contribution in [2.75, 3.05) is 5.32 Å². The van der Waals surface area contributed by atoms with Crippen LogP contribution in [0.3, 0.4) is 0 Å². The van der Waals surface area contributed by atoms with Crippen LogP contribution in [0.5, 0.6) is 0 Å². The fourth-order valence-electron chi connectivity index (χ4n) is 1.55. The molecule has 0 radical (unpaired) electrons. The van der Waals surface area contributed by atoms with Gasteiger partial charge in [0.2, 0.25) is 0 Å². The third-order valence-electron chi connectivity index (χ3n) is 2.60. The van der Waals surface area contributed by atoms with E-state index in [1.54, 1.807) is 24.3 Å². The van der Waals surface area contributed by atoms with Gasteiger partial charge in [0, 0.05) is 20.6 Å². The number of nitrogens with one attached hydrogen (secondary N) is 1. The summed E-state index contributed by atoms with van der Waals surface area (Å²) in [6, 6.07) is 6.84. The Bertz CT molecular complexity index is 616. The van der Waals surface area contributed by atoms with E-state index in [0.717, 1.165) is 9.35 Å². The molecule has 1 heterocycles. The molecule has 1 N–H and O–H groups in total. The Hall–Kier alpha value is -1.38. The zero-order valence-corrected chi connectivity index (χ0v) is 12.0. The van der Waals surface area contributed by atoms with Crippen molar-refractivity contribution in [1.29, 1.82) is 5.26 Å². The normalized spacial score (nSPS) is 10.1. The molecular weight excluding hydrogens is 315 g/mol. The molecule has 0 spiro atoms. The zero-order chi connectivity index (χ0) is 13.1. The number of hydrogen-bond acceptors (Lipinski definition) is 3. The zero-order valence-electron chi connectivity index (χ0n) is 9.63. The van der Waals surface area contributed by atoms with Gasteiger partial charge in [-0.1, -0.05) is 0 Å². The van der Waals surface area contributed by atoms with Crippen molar-refractivity contribution < 1.29 is 4.39 Å². The number of rotatable bonds is 3. The molecule has 92 valence electrons. The standard InChI is InChI=1S/C13H10BrFN2S/c1-8-11(15)4-9(6-16)5-12(8)17-7-13-10(14)2-3-18-13/h2-5,17H,7H2,1H3. The van der Waals surface area contributed by atoms with Crippen molar-refractivity contribution in [2.45, 2.75) is 13.5 Å². The summed E-state index contributed by atoms with van der Waals surface area (Å²) < 4.78 is 14.6. The molecule has 1 aromatic carbocycles. The highest BCUT2D eigenvalue weighted by molar-refractivity contribution is 9.10. The monoisotopic (exact) mass is 324 g/mol. The molecule has 0 aliphatic heterocycles. The van der Waals surface area contributed by atoms with Gasteiger partial charge in [0.1, 0.15) is 5.82 Å². The van der Waals surface area contributed by atoms with E-state index in [-0.39, 0.29) is 5.82 Å². The quantitative estimate of drug-likeness (QED) is 0.905. The summed E-state index contributed by atoms with van der Waals surface area (Å²) in [6.45, 7) is 2.30. The number of thiophene rings is 1. The van der Waals surface area contributed by atoms with Crippen LogP contribution >= 0.6 is 27.3 Å². The molecule has 0 atom stereocenters. The highest BCUT2D eigenvalue weighted by Crippen LogP contribution is 2.25. The molecular formula is C13H10BrFN2S. The fourth-order valence-corrected chi connectivity index (χ4v) is 2.99. The number of hydrogen-bond donors (Lipinski definition) is 1. The third-order valence-corrected chi connectivity index (χ3v) is 4.53. The lowest BCUT2D eigenvalue weighted by molar-refractivity contribution is 0.618. The molecule has 0 bridgehead atoms. The maximum Gasteiger partial charge on any atom is 0.129 e. The molecule has 0 unspecified atom stereocenters. The van der Waals surface area contributed by atoms with Crippen LogP contribution in [0, 0.1) is 24.1 Å². The van der Waals surface area contributed by atoms with Crippen LogP contribution in [0.1, 0.15) is 16.0 Å². The molecule has 0 aliphatic carbocycles. The maximum absolute atomic E-state index is 13.6. The summed E-state index contributed by atoms with van der Waals surface area (Å²) in [5.74, 6) is -0.359. The topological polar surface area (TPSA) is 35.8 Å². The van der Waals surface area contributed by atoms with E-state index in [9.17, 15) is 4.39 Å². The summed E-state index contributed by atoms with van der Waals surface area (Å²) in [7, 11) is 0. The first-order valence-electron chi connectivity index (χ1n) is 5.28. The molecule has 0 saturated carbocycles. The van der Waals surface area contributed by atoms with E-state index in [1.165, 1.54) is 6.07 Å². The number of nitrogens with zero attached hydrogens (tertiary/aromatic N) is 1. The Morgan fingerprint density at radius 2 is 2.28 bits per heavy atom. The van der Waals surface area contributed by atoms with Gasteiger partial charge in [-0.15, -0.1) is 11.3 Å². The fraction of sp³-hybridized carbons (Fsp3) is 0.154. The Morgan fingerprint density at radius 1 is 1.50 bits per heavy atom. The van der Waals surface area contributed by atoms with Crippen LogP contribution in [-0.2, 0) is 6.54 Å². The van der Waals surface area contributed by atoms with E-state index in [2.05, 4.69) is 21.2 Å². The van der Waals surface area contributed by atoms with E-state index in [0.29, 0.717) is 23.4 Å². The van der Waals surface area contributed by atoms with Crippen LogP contribution in [0.15, 0.2) is 28.1 Å². The largest absolute Gasteiger partial charge is 0.380 e. The molecule has 18 heavy (non-hydrogen) atoms. The van der Waals surface area contributed by atoms with E-state index < -0.39 is 0 Å². The van der Waals surface area contributed by atoms with E-state index in [1.807, 2.05) is 17.5 Å². The van der Waals surface area contributed by atoms with Crippen molar-refractivity contribution in [2.24, 2.45) is 0 Å². The average molecular weight is 325 g/mol. The SMILES string of the molecule is Cc1c(F)cc(C#N)cc1NCc1sccc1Br. The van der Waals surface area contributed by atoms with E-state index >= 15 is 0 Å². The van der Waals surface area contributed by atoms with Gasteiger partial charge in [0.05, 0.1) is 18.2 Å². The molecule has 5 heteroatoms. The Kier molecular flexibility index (Phi) is 4.00. The van der Waals surface area contributed by atoms with Crippen LogP contribution in [0.2, 0.25) is 0 Å². The molecule has 0 fully saturated rings. The van der Waals surface area contributed by atoms with Crippen LogP contribution < -0.4 is 5.32 Å². The second-order valence-electron chi connectivity index (χ2n) is 3.79. The van der Waals surface area contributed by atoms with Gasteiger partial charge in [-0.05, 0) is 46.4 Å². The first-order chi connectivity index (χ1) is 8.61. The van der Waals surface area contributed by atoms with Crippen molar-refractivity contribution in [3.05, 3.63) is 49.9 Å². The second-order valence-corrected chi connectivity index (χ2v) is 5.64. The minimum absolute atomic E-state index is 0.325. The van der Waals surface area contributed by atoms with Crippen LogP contribution in [-0.4, -0.2) is 0 Å². The summed E-state index contributed by atoms with van der Waals surface area (Å²) in [4.78, 5) is 1.14. The smallest absolute Gasteiger partial charge is 0.129 e. The molecule has 2 nitrogen and oxygen atoms in total. The van der Waals surface area contributed by atoms with Gasteiger partial charge in [-0.25, -0.2) is 4.39 Å². The Labute approximate surface area is 117 Å². The highest BCUT2D eigenvalue weighted by Gasteiger charge is 2.08. The van der Waals surface area contributed by atoms with Crippen LogP contribution in [0.4, 0.5) is 10.1 Å². The molecule has 1 aromatic heterocycles. The van der Waals surface area contributed by atoms with Crippen molar-refractivity contribution in [3.8, 4) is 6.07 Å². The van der Waals surface area contributed by atoms with Crippen molar-refractivity contribution in [3.63, 3.8) is 0 Å². The molecule has 2 aromatic rings. The Morgan fingerprint density at radius 3 is 2.89 bits per heavy atom. The molecule has 0 saturated heterocycles. The summed E-state index contributed by atoms with van der Waals surface area (Å²) in [5, 5.41) is 14.0. The van der Waals surface area contributed by atoms with Gasteiger partial charge in [0.25, 0.3) is 0 Å². The van der Waals surface area contributed by atoms with Gasteiger partial charge in [-0.3, -0.25) is 0 Å². The molecule has 0 aliphatic rings. The lowest BCUT2D eigenvalue weighted by Crippen LogP contribution is -2.02. The first kappa shape index (κ1) is 13.1. The van der Waals surface area contributed by atoms with Gasteiger partial charge in [0.15, 0.2) is 0 Å². The highest BCUT2D eigenvalue weighted by atomic mass is 79.9. The van der Waals surface area contributed by atoms with Gasteiger partial charge >= 0.3 is 0 Å². The minimum atomic E-state index is -0.359. The van der Waals surface area contributed by atoms with Gasteiger partial charge in [-0.2, -0.15) is 5.26 Å². The predicted octanol–water partition coefficient (Wildman–Crippen LogP) is 4.44. The van der Waals surface area contributed by atoms with E-state index in [4.69, 9.17) is 5.26 Å². The van der Waals surface area contributed by atoms with Crippen molar-refractivity contribution >= 4 is 33.0 Å². The Balaban J connectivity index is 2.22. The van der Waals surface area contributed by atoms with Crippen LogP contribution in [0.25, 0.3) is 0 Å². The lowest BCUT2D eigenvalue weighted by Gasteiger charge is -2.10. The minimum Gasteiger partial charge on any atom is -0.380 e. The second kappa shape index (κ2) is 5.51. The third kappa shape index (κ3) is 2.71. The first-order valence-corrected chi connectivity index (χ1v) is 6.95. The average Bonchev–Trinajstić information content (AvgIpc) is 2.76. The van der Waals surface area contributed by atoms with Gasteiger partial charge < -0.3 is 5.32 Å².